The standard InChI is InChI=1S/C18H17FN4O4.C11H13FN4O3.2CH4/c19-14-15(25)13(8-24)27-16(14)11-6-7-12-17(20-9-21-23(11)12)22-18(26)10-4-2-1-3-5-10;12-8-9(18)7(3-17)19-10(8)5-1-2-6-11(13)14-4-15-16(5)6;;/h1-7,9,13-16,24-25H,8H2,(H,20,21,22,26);1-2,4,7-10,17-18H,3H2,(H2,13,14,15);2*1H4/t13-,14-,15-,16+;7-,8-,9-,10+;;/m11../s1. The molecule has 4 aromatic heterocycles. The molecule has 7 N–H and O–H groups in total. The molecule has 8 atom stereocenters. The molecule has 6 heterocycles. The van der Waals surface area contributed by atoms with Crippen molar-refractivity contribution in [3.05, 3.63) is 84.2 Å². The average molecular weight is 673 g/mol. The Hall–Kier alpha value is -4.65. The lowest BCUT2D eigenvalue weighted by atomic mass is 10.1. The summed E-state index contributed by atoms with van der Waals surface area (Å²) in [6.07, 6.45) is -7.67. The van der Waals surface area contributed by atoms with Gasteiger partial charge >= 0.3 is 0 Å². The molecule has 17 heteroatoms. The molecule has 258 valence electrons. The summed E-state index contributed by atoms with van der Waals surface area (Å²) in [6.45, 7) is -0.937. The Balaban J connectivity index is 0.000000220. The molecule has 0 spiro atoms. The van der Waals surface area contributed by atoms with E-state index >= 15 is 0 Å². The molecule has 2 saturated heterocycles. The van der Waals surface area contributed by atoms with Gasteiger partial charge in [0.05, 0.1) is 24.6 Å². The van der Waals surface area contributed by atoms with Gasteiger partial charge < -0.3 is 41.0 Å². The molecular formula is C31H38F2N8O7. The van der Waals surface area contributed by atoms with E-state index in [1.165, 1.54) is 21.7 Å². The normalized spacial score (nSPS) is 26.4. The number of alkyl halides is 2. The third-order valence-corrected chi connectivity index (χ3v) is 7.84. The van der Waals surface area contributed by atoms with Gasteiger partial charge in [0.15, 0.2) is 24.0 Å². The number of aliphatic hydroxyl groups excluding tert-OH is 4. The number of halogens is 2. The van der Waals surface area contributed by atoms with Crippen LogP contribution in [0.25, 0.3) is 11.0 Å². The summed E-state index contributed by atoms with van der Waals surface area (Å²) in [7, 11) is 0. The van der Waals surface area contributed by atoms with Crippen LogP contribution in [0.15, 0.2) is 67.3 Å². The number of carbonyl (C=O) groups excluding carboxylic acids is 1. The fraction of sp³-hybridized carbons (Fsp3) is 0.387. The van der Waals surface area contributed by atoms with Gasteiger partial charge in [-0.25, -0.2) is 27.8 Å². The summed E-state index contributed by atoms with van der Waals surface area (Å²) >= 11 is 0. The maximum atomic E-state index is 14.4. The molecule has 1 aromatic carbocycles. The number of ether oxygens (including phenoxy) is 2. The summed E-state index contributed by atoms with van der Waals surface area (Å²) in [5.74, 6) is 0.196. The van der Waals surface area contributed by atoms with Gasteiger partial charge in [-0.05, 0) is 36.4 Å². The second-order valence-electron chi connectivity index (χ2n) is 10.6. The van der Waals surface area contributed by atoms with Crippen LogP contribution in [-0.4, -0.2) is 106 Å². The van der Waals surface area contributed by atoms with Crippen LogP contribution in [0.2, 0.25) is 0 Å². The van der Waals surface area contributed by atoms with E-state index in [0.717, 1.165) is 0 Å². The van der Waals surface area contributed by atoms with E-state index < -0.39 is 62.2 Å². The third kappa shape index (κ3) is 6.55. The number of nitrogens with two attached hydrogens (primary N) is 1. The van der Waals surface area contributed by atoms with Crippen molar-refractivity contribution in [3.63, 3.8) is 0 Å². The number of anilines is 2. The summed E-state index contributed by atoms with van der Waals surface area (Å²) < 4.78 is 42.1. The number of hydrogen-bond donors (Lipinski definition) is 6. The van der Waals surface area contributed by atoms with Gasteiger partial charge in [-0.2, -0.15) is 10.2 Å². The summed E-state index contributed by atoms with van der Waals surface area (Å²) in [6, 6.07) is 15.1. The molecule has 0 unspecified atom stereocenters. The Kier molecular flexibility index (Phi) is 11.4. The van der Waals surface area contributed by atoms with Crippen molar-refractivity contribution in [2.24, 2.45) is 0 Å². The van der Waals surface area contributed by atoms with Crippen molar-refractivity contribution < 1.29 is 43.5 Å². The van der Waals surface area contributed by atoms with E-state index in [4.69, 9.17) is 20.3 Å². The van der Waals surface area contributed by atoms with Crippen molar-refractivity contribution in [2.75, 3.05) is 24.3 Å². The second kappa shape index (κ2) is 15.1. The first kappa shape index (κ1) is 36.2. The Bertz CT molecular complexity index is 1830. The van der Waals surface area contributed by atoms with Crippen LogP contribution < -0.4 is 11.1 Å². The quantitative estimate of drug-likeness (QED) is 0.152. The SMILES string of the molecule is C.C.Nc1ncnn2c([C@@H]3O[C@H](CO)[C@@H](O)[C@H]3F)ccc12.O=C(Nc1ncnn2c([C@@H]3O[C@H](CO)[C@@H](O)[C@H]3F)ccc12)c1ccccc1. The summed E-state index contributed by atoms with van der Waals surface area (Å²) in [5, 5.41) is 48.5. The molecular weight excluding hydrogens is 634 g/mol. The Morgan fingerprint density at radius 1 is 0.792 bits per heavy atom. The Morgan fingerprint density at radius 3 is 1.81 bits per heavy atom. The lowest BCUT2D eigenvalue weighted by Crippen LogP contribution is -2.30. The third-order valence-electron chi connectivity index (χ3n) is 7.84. The summed E-state index contributed by atoms with van der Waals surface area (Å²) in [4.78, 5) is 20.3. The van der Waals surface area contributed by atoms with Crippen LogP contribution in [0.3, 0.4) is 0 Å². The van der Waals surface area contributed by atoms with Crippen molar-refractivity contribution in [1.29, 1.82) is 0 Å². The number of nitrogens with zero attached hydrogens (tertiary/aromatic N) is 6. The van der Waals surface area contributed by atoms with Crippen molar-refractivity contribution in [3.8, 4) is 0 Å². The second-order valence-corrected chi connectivity index (χ2v) is 10.6. The van der Waals surface area contributed by atoms with Gasteiger partial charge in [-0.15, -0.1) is 0 Å². The minimum atomic E-state index is -1.71. The fourth-order valence-corrected chi connectivity index (χ4v) is 5.45. The number of aromatic nitrogens is 6. The van der Waals surface area contributed by atoms with Gasteiger partial charge in [0.1, 0.15) is 60.3 Å². The topological polar surface area (TPSA) is 215 Å². The van der Waals surface area contributed by atoms with Crippen LogP contribution >= 0.6 is 0 Å². The maximum absolute atomic E-state index is 14.4. The molecule has 0 bridgehead atoms. The zero-order valence-corrected chi connectivity index (χ0v) is 23.9. The lowest BCUT2D eigenvalue weighted by Gasteiger charge is -2.13. The van der Waals surface area contributed by atoms with Crippen LogP contribution in [0.1, 0.15) is 48.8 Å². The predicted octanol–water partition coefficient (Wildman–Crippen LogP) is 1.83. The van der Waals surface area contributed by atoms with Gasteiger partial charge in [0, 0.05) is 5.56 Å². The number of hydrogen-bond acceptors (Lipinski definition) is 12. The largest absolute Gasteiger partial charge is 0.394 e. The van der Waals surface area contributed by atoms with Crippen LogP contribution in [0.4, 0.5) is 20.4 Å². The molecule has 48 heavy (non-hydrogen) atoms. The molecule has 5 aromatic rings. The van der Waals surface area contributed by atoms with Crippen molar-refractivity contribution in [1.82, 2.24) is 29.2 Å². The number of carbonyl (C=O) groups is 1. The number of amides is 1. The van der Waals surface area contributed by atoms with Crippen molar-refractivity contribution in [2.45, 2.75) is 63.8 Å². The Labute approximate surface area is 273 Å². The van der Waals surface area contributed by atoms with E-state index in [-0.39, 0.29) is 32.4 Å². The van der Waals surface area contributed by atoms with Gasteiger partial charge in [0.2, 0.25) is 0 Å². The first-order chi connectivity index (χ1) is 22.2. The van der Waals surface area contributed by atoms with Crippen LogP contribution in [0, 0.1) is 0 Å². The van der Waals surface area contributed by atoms with Gasteiger partial charge in [-0.1, -0.05) is 33.1 Å². The molecule has 2 fully saturated rings. The maximum Gasteiger partial charge on any atom is 0.256 e. The monoisotopic (exact) mass is 672 g/mol. The molecule has 7 rings (SSSR count). The molecule has 15 nitrogen and oxygen atoms in total. The highest BCUT2D eigenvalue weighted by Gasteiger charge is 2.46. The highest BCUT2D eigenvalue weighted by Crippen LogP contribution is 2.37. The predicted molar refractivity (Wildman–Crippen MR) is 169 cm³/mol. The molecule has 0 saturated carbocycles. The minimum absolute atomic E-state index is 0. The minimum Gasteiger partial charge on any atom is -0.394 e. The van der Waals surface area contributed by atoms with E-state index in [0.29, 0.717) is 28.0 Å². The van der Waals surface area contributed by atoms with E-state index in [2.05, 4.69) is 25.5 Å². The number of fused-ring (bicyclic) bond motifs is 2. The van der Waals surface area contributed by atoms with Crippen LogP contribution in [0.5, 0.6) is 0 Å². The molecule has 2 aliphatic rings. The van der Waals surface area contributed by atoms with Crippen molar-refractivity contribution >= 4 is 28.6 Å². The highest BCUT2D eigenvalue weighted by molar-refractivity contribution is 6.05. The number of nitrogen functional groups attached to an aromatic ring is 1. The van der Waals surface area contributed by atoms with Gasteiger partial charge in [0.25, 0.3) is 5.91 Å². The van der Waals surface area contributed by atoms with E-state index in [9.17, 15) is 28.9 Å². The lowest BCUT2D eigenvalue weighted by molar-refractivity contribution is -0.0241. The fourth-order valence-electron chi connectivity index (χ4n) is 5.45. The van der Waals surface area contributed by atoms with E-state index in [1.54, 1.807) is 48.5 Å². The molecule has 2 aliphatic heterocycles. The molecule has 0 radical (unpaired) electrons. The highest BCUT2D eigenvalue weighted by atomic mass is 19.1. The van der Waals surface area contributed by atoms with E-state index in [1.807, 2.05) is 6.07 Å². The zero-order chi connectivity index (χ0) is 32.5. The Morgan fingerprint density at radius 2 is 1.29 bits per heavy atom. The number of rotatable bonds is 6. The number of aliphatic hydroxyl groups is 4. The number of benzene rings is 1. The smallest absolute Gasteiger partial charge is 0.256 e. The average Bonchev–Trinajstić information content (AvgIpc) is 3.83. The molecule has 0 aliphatic carbocycles. The molecule has 1 amide bonds. The van der Waals surface area contributed by atoms with Gasteiger partial charge in [-0.3, -0.25) is 4.79 Å². The van der Waals surface area contributed by atoms with Crippen LogP contribution in [-0.2, 0) is 9.47 Å². The first-order valence-electron chi connectivity index (χ1n) is 14.2. The summed E-state index contributed by atoms with van der Waals surface area (Å²) in [5.41, 5.74) is 7.92. The first-order valence-corrected chi connectivity index (χ1v) is 14.2. The zero-order valence-electron chi connectivity index (χ0n) is 23.9. The number of nitrogens with one attached hydrogen (secondary N) is 1.